The molecule has 0 aliphatic carbocycles. The van der Waals surface area contributed by atoms with Crippen LogP contribution in [0.5, 0.6) is 0 Å². The molecule has 8 aromatic rings. The van der Waals surface area contributed by atoms with Gasteiger partial charge in [0.25, 0.3) is 0 Å². The summed E-state index contributed by atoms with van der Waals surface area (Å²) in [5, 5.41) is 8.07. The number of thiophene rings is 1. The van der Waals surface area contributed by atoms with E-state index in [1.165, 1.54) is 80.6 Å². The third-order valence-electron chi connectivity index (χ3n) is 8.05. The van der Waals surface area contributed by atoms with Gasteiger partial charge in [-0.15, -0.1) is 11.3 Å². The maximum Gasteiger partial charge on any atom is 0.0471 e. The van der Waals surface area contributed by atoms with Crippen LogP contribution in [0.1, 0.15) is 23.6 Å². The summed E-state index contributed by atoms with van der Waals surface area (Å²) < 4.78 is 2.72. The lowest BCUT2D eigenvalue weighted by atomic mass is 9.89. The van der Waals surface area contributed by atoms with E-state index in [4.69, 9.17) is 0 Å². The van der Waals surface area contributed by atoms with Crippen LogP contribution < -0.4 is 0 Å². The van der Waals surface area contributed by atoms with Gasteiger partial charge in [0, 0.05) is 42.0 Å². The summed E-state index contributed by atoms with van der Waals surface area (Å²) in [5.74, 6) is 0. The van der Waals surface area contributed by atoms with Crippen LogP contribution >= 0.6 is 11.3 Å². The number of aromatic nitrogens is 1. The first kappa shape index (κ1) is 24.6. The predicted molar refractivity (Wildman–Crippen MR) is 177 cm³/mol. The molecule has 1 nitrogen and oxygen atoms in total. The largest absolute Gasteiger partial charge is 0.354 e. The van der Waals surface area contributed by atoms with Crippen molar-refractivity contribution in [3.63, 3.8) is 0 Å². The van der Waals surface area contributed by atoms with Crippen molar-refractivity contribution in [3.8, 4) is 11.1 Å². The van der Waals surface area contributed by atoms with Crippen molar-refractivity contribution in [1.29, 1.82) is 0 Å². The molecule has 40 heavy (non-hydrogen) atoms. The highest BCUT2D eigenvalue weighted by Gasteiger charge is 2.18. The maximum atomic E-state index is 3.64. The van der Waals surface area contributed by atoms with Gasteiger partial charge in [0.1, 0.15) is 0 Å². The van der Waals surface area contributed by atoms with Crippen LogP contribution in [0.15, 0.2) is 115 Å². The lowest BCUT2D eigenvalue weighted by Gasteiger charge is -2.14. The molecule has 194 valence electrons. The Balaban J connectivity index is 0.000000333. The molecule has 2 heterocycles. The smallest absolute Gasteiger partial charge is 0.0471 e. The second-order valence-electron chi connectivity index (χ2n) is 10.6. The minimum absolute atomic E-state index is 1.01. The summed E-state index contributed by atoms with van der Waals surface area (Å²) in [4.78, 5) is 3.64. The van der Waals surface area contributed by atoms with Gasteiger partial charge in [-0.2, -0.15) is 0 Å². The molecule has 0 unspecified atom stereocenters. The standard InChI is InChI=1S/C31H23NS.C7H8/c1-3-19-12-14-26-31(22-10-6-7-11-25(22)32-26)29(19)23-17-28-24(16-18(23)2)30-21-9-5-4-8-20(21)13-15-27(30)33-28;1-7-5-3-2-4-6-7/h4-17,32H,3H2,1-2H3;2-6H,1H3. The molecule has 0 bridgehead atoms. The van der Waals surface area contributed by atoms with Gasteiger partial charge in [0.05, 0.1) is 0 Å². The summed E-state index contributed by atoms with van der Waals surface area (Å²) >= 11 is 1.91. The van der Waals surface area contributed by atoms with Crippen LogP contribution in [0.4, 0.5) is 0 Å². The van der Waals surface area contributed by atoms with E-state index in [1.54, 1.807) is 0 Å². The average Bonchev–Trinajstić information content (AvgIpc) is 3.55. The van der Waals surface area contributed by atoms with Crippen LogP contribution in [0, 0.1) is 13.8 Å². The summed E-state index contributed by atoms with van der Waals surface area (Å²) in [7, 11) is 0. The minimum Gasteiger partial charge on any atom is -0.354 e. The number of hydrogen-bond donors (Lipinski definition) is 1. The number of rotatable bonds is 2. The van der Waals surface area contributed by atoms with E-state index in [0.29, 0.717) is 0 Å². The van der Waals surface area contributed by atoms with Crippen LogP contribution in [0.25, 0.3) is 63.9 Å². The van der Waals surface area contributed by atoms with Crippen molar-refractivity contribution in [1.82, 2.24) is 4.98 Å². The monoisotopic (exact) mass is 533 g/mol. The first-order valence-corrected chi connectivity index (χ1v) is 14.8. The second-order valence-corrected chi connectivity index (χ2v) is 11.7. The van der Waals surface area contributed by atoms with E-state index < -0.39 is 0 Å². The zero-order valence-electron chi connectivity index (χ0n) is 23.1. The highest BCUT2D eigenvalue weighted by atomic mass is 32.1. The van der Waals surface area contributed by atoms with Crippen LogP contribution in [-0.2, 0) is 6.42 Å². The van der Waals surface area contributed by atoms with Crippen molar-refractivity contribution in [2.45, 2.75) is 27.2 Å². The van der Waals surface area contributed by atoms with Gasteiger partial charge in [-0.3, -0.25) is 0 Å². The normalized spacial score (nSPS) is 11.5. The molecule has 0 aliphatic rings. The number of aryl methyl sites for hydroxylation is 3. The van der Waals surface area contributed by atoms with E-state index in [0.717, 1.165) is 6.42 Å². The summed E-state index contributed by atoms with van der Waals surface area (Å²) in [6.45, 7) is 6.62. The summed E-state index contributed by atoms with van der Waals surface area (Å²) in [6.07, 6.45) is 1.01. The molecule has 0 atom stereocenters. The van der Waals surface area contributed by atoms with E-state index >= 15 is 0 Å². The number of hydrogen-bond acceptors (Lipinski definition) is 1. The Bertz CT molecular complexity index is 2160. The zero-order chi connectivity index (χ0) is 27.2. The summed E-state index contributed by atoms with van der Waals surface area (Å²) in [5.41, 5.74) is 9.21. The lowest BCUT2D eigenvalue weighted by Crippen LogP contribution is -1.92. The number of aromatic amines is 1. The van der Waals surface area contributed by atoms with Gasteiger partial charge in [0.2, 0.25) is 0 Å². The molecular weight excluding hydrogens is 502 g/mol. The third kappa shape index (κ3) is 4.08. The molecule has 2 aromatic heterocycles. The van der Waals surface area contributed by atoms with Crippen molar-refractivity contribution in [2.24, 2.45) is 0 Å². The second kappa shape index (κ2) is 9.97. The molecule has 8 rings (SSSR count). The molecule has 2 heteroatoms. The first-order chi connectivity index (χ1) is 19.6. The van der Waals surface area contributed by atoms with Crippen molar-refractivity contribution in [3.05, 3.63) is 132 Å². The maximum absolute atomic E-state index is 3.64. The topological polar surface area (TPSA) is 15.8 Å². The molecule has 0 amide bonds. The Morgan fingerprint density at radius 3 is 2.12 bits per heavy atom. The fourth-order valence-electron chi connectivity index (χ4n) is 6.09. The fraction of sp³-hybridized carbons (Fsp3) is 0.105. The predicted octanol–water partition coefficient (Wildman–Crippen LogP) is 11.4. The van der Waals surface area contributed by atoms with Gasteiger partial charge in [0.15, 0.2) is 0 Å². The molecule has 0 saturated carbocycles. The molecule has 0 aliphatic heterocycles. The Labute approximate surface area is 238 Å². The van der Waals surface area contributed by atoms with Crippen LogP contribution in [0.2, 0.25) is 0 Å². The van der Waals surface area contributed by atoms with Gasteiger partial charge in [-0.25, -0.2) is 0 Å². The molecule has 0 spiro atoms. The number of para-hydroxylation sites is 1. The van der Waals surface area contributed by atoms with Gasteiger partial charge < -0.3 is 4.98 Å². The lowest BCUT2D eigenvalue weighted by molar-refractivity contribution is 1.15. The van der Waals surface area contributed by atoms with Crippen molar-refractivity contribution >= 4 is 64.1 Å². The van der Waals surface area contributed by atoms with Crippen molar-refractivity contribution < 1.29 is 0 Å². The highest BCUT2D eigenvalue weighted by molar-refractivity contribution is 7.26. The van der Waals surface area contributed by atoms with Gasteiger partial charge in [-0.05, 0) is 83.6 Å². The quantitative estimate of drug-likeness (QED) is 0.227. The minimum atomic E-state index is 1.01. The Morgan fingerprint density at radius 1 is 0.600 bits per heavy atom. The van der Waals surface area contributed by atoms with Gasteiger partial charge in [-0.1, -0.05) is 97.4 Å². The van der Waals surface area contributed by atoms with E-state index in [9.17, 15) is 0 Å². The van der Waals surface area contributed by atoms with E-state index in [2.05, 4.69) is 123 Å². The fourth-order valence-corrected chi connectivity index (χ4v) is 7.23. The molecule has 1 N–H and O–H groups in total. The molecule has 0 radical (unpaired) electrons. The van der Waals surface area contributed by atoms with Crippen molar-refractivity contribution in [2.75, 3.05) is 0 Å². The first-order valence-electron chi connectivity index (χ1n) is 14.0. The number of nitrogens with one attached hydrogen (secondary N) is 1. The van der Waals surface area contributed by atoms with E-state index in [1.807, 2.05) is 29.5 Å². The Kier molecular flexibility index (Phi) is 6.14. The molecule has 6 aromatic carbocycles. The van der Waals surface area contributed by atoms with E-state index in [-0.39, 0.29) is 0 Å². The zero-order valence-corrected chi connectivity index (χ0v) is 23.9. The van der Waals surface area contributed by atoms with Gasteiger partial charge >= 0.3 is 0 Å². The number of benzene rings is 6. The highest BCUT2D eigenvalue weighted by Crippen LogP contribution is 2.44. The number of H-pyrrole nitrogens is 1. The summed E-state index contributed by atoms with van der Waals surface area (Å²) in [6, 6.07) is 41.6. The third-order valence-corrected chi connectivity index (χ3v) is 9.17. The SMILES string of the molecule is CCc1ccc2[nH]c3ccccc3c2c1-c1cc2sc3ccc4ccccc4c3c2cc1C.Cc1ccccc1. The molecule has 0 saturated heterocycles. The van der Waals surface area contributed by atoms with Crippen LogP contribution in [-0.4, -0.2) is 4.98 Å². The number of fused-ring (bicyclic) bond motifs is 8. The van der Waals surface area contributed by atoms with Crippen LogP contribution in [0.3, 0.4) is 0 Å². The Hall–Kier alpha value is -4.40. The average molecular weight is 534 g/mol. The molecule has 0 fully saturated rings. The molecular formula is C38H31NS. The Morgan fingerprint density at radius 2 is 1.35 bits per heavy atom.